The van der Waals surface area contributed by atoms with Crippen molar-refractivity contribution in [3.05, 3.63) is 40.8 Å². The minimum absolute atomic E-state index is 0.0824. The summed E-state index contributed by atoms with van der Waals surface area (Å²) < 4.78 is 1.93. The van der Waals surface area contributed by atoms with Crippen LogP contribution in [0.4, 0.5) is 0 Å². The fraction of sp³-hybridized carbons (Fsp3) is 0.471. The molecular weight excluding hydrogens is 324 g/mol. The lowest BCUT2D eigenvalue weighted by Gasteiger charge is -2.33. The fourth-order valence-electron chi connectivity index (χ4n) is 3.16. The summed E-state index contributed by atoms with van der Waals surface area (Å²) >= 11 is 1.56. The normalized spacial score (nSPS) is 19.0. The van der Waals surface area contributed by atoms with Crippen LogP contribution in [0.1, 0.15) is 43.1 Å². The Morgan fingerprint density at radius 1 is 1.46 bits per heavy atom. The maximum Gasteiger partial charge on any atom is 0.225 e. The van der Waals surface area contributed by atoms with Gasteiger partial charge in [0.05, 0.1) is 18.5 Å². The fourth-order valence-corrected chi connectivity index (χ4v) is 3.93. The molecule has 6 nitrogen and oxygen atoms in total. The number of thiophene rings is 1. The highest BCUT2D eigenvalue weighted by Crippen LogP contribution is 2.26. The van der Waals surface area contributed by atoms with Crippen molar-refractivity contribution >= 4 is 23.2 Å². The number of carbonyl (C=O) groups excluding carboxylic acids is 2. The van der Waals surface area contributed by atoms with Crippen LogP contribution >= 0.6 is 11.3 Å². The van der Waals surface area contributed by atoms with E-state index in [-0.39, 0.29) is 23.9 Å². The van der Waals surface area contributed by atoms with Crippen molar-refractivity contribution in [2.24, 2.45) is 0 Å². The first-order chi connectivity index (χ1) is 11.6. The highest BCUT2D eigenvalue weighted by Gasteiger charge is 2.27. The third-order valence-electron chi connectivity index (χ3n) is 4.29. The number of nitrogens with zero attached hydrogens (tertiary/aromatic N) is 3. The molecule has 0 spiro atoms. The average molecular weight is 346 g/mol. The third-order valence-corrected chi connectivity index (χ3v) is 5.28. The number of amides is 2. The number of hydrogen-bond acceptors (Lipinski definition) is 4. The average Bonchev–Trinajstić information content (AvgIpc) is 3.27. The van der Waals surface area contributed by atoms with E-state index in [9.17, 15) is 9.59 Å². The molecule has 7 heteroatoms. The first kappa shape index (κ1) is 16.7. The van der Waals surface area contributed by atoms with E-state index in [0.717, 1.165) is 24.3 Å². The molecule has 1 fully saturated rings. The van der Waals surface area contributed by atoms with Gasteiger partial charge in [-0.25, -0.2) is 0 Å². The van der Waals surface area contributed by atoms with Gasteiger partial charge in [0.15, 0.2) is 0 Å². The summed E-state index contributed by atoms with van der Waals surface area (Å²) in [7, 11) is 0. The van der Waals surface area contributed by atoms with Crippen LogP contribution in [-0.4, -0.2) is 39.6 Å². The molecule has 1 aliphatic heterocycles. The number of rotatable bonds is 5. The largest absolute Gasteiger partial charge is 0.348 e. The van der Waals surface area contributed by atoms with Crippen LogP contribution in [0.5, 0.6) is 0 Å². The number of nitrogens with one attached hydrogen (secondary N) is 1. The Morgan fingerprint density at radius 2 is 2.33 bits per heavy atom. The zero-order valence-electron chi connectivity index (χ0n) is 13.7. The molecule has 2 aromatic heterocycles. The molecule has 0 aliphatic carbocycles. The quantitative estimate of drug-likeness (QED) is 0.904. The number of hydrogen-bond donors (Lipinski definition) is 1. The van der Waals surface area contributed by atoms with Crippen LogP contribution in [0, 0.1) is 0 Å². The molecule has 24 heavy (non-hydrogen) atoms. The molecule has 1 N–H and O–H groups in total. The van der Waals surface area contributed by atoms with Crippen molar-refractivity contribution in [3.8, 4) is 0 Å². The van der Waals surface area contributed by atoms with Crippen molar-refractivity contribution in [2.45, 2.75) is 38.3 Å². The first-order valence-electron chi connectivity index (χ1n) is 8.21. The topological polar surface area (TPSA) is 67.2 Å². The second kappa shape index (κ2) is 7.61. The van der Waals surface area contributed by atoms with Crippen LogP contribution in [0.15, 0.2) is 36.0 Å². The van der Waals surface area contributed by atoms with Gasteiger partial charge in [-0.05, 0) is 30.4 Å². The van der Waals surface area contributed by atoms with Gasteiger partial charge in [-0.3, -0.25) is 14.3 Å². The molecule has 1 saturated heterocycles. The highest BCUT2D eigenvalue weighted by atomic mass is 32.1. The first-order valence-corrected chi connectivity index (χ1v) is 9.09. The molecule has 3 rings (SSSR count). The van der Waals surface area contributed by atoms with Gasteiger partial charge in [-0.1, -0.05) is 6.07 Å². The monoisotopic (exact) mass is 346 g/mol. The van der Waals surface area contributed by atoms with Crippen molar-refractivity contribution in [2.75, 3.05) is 13.1 Å². The summed E-state index contributed by atoms with van der Waals surface area (Å²) in [6.45, 7) is 2.94. The predicted octanol–water partition coefficient (Wildman–Crippen LogP) is 2.38. The molecule has 3 heterocycles. The van der Waals surface area contributed by atoms with Gasteiger partial charge in [-0.15, -0.1) is 11.3 Å². The Bertz CT molecular complexity index is 669. The van der Waals surface area contributed by atoms with E-state index in [2.05, 4.69) is 10.4 Å². The van der Waals surface area contributed by atoms with E-state index in [1.807, 2.05) is 39.4 Å². The maximum atomic E-state index is 12.7. The molecule has 0 radical (unpaired) electrons. The van der Waals surface area contributed by atoms with E-state index < -0.39 is 0 Å². The van der Waals surface area contributed by atoms with E-state index in [4.69, 9.17) is 0 Å². The minimum atomic E-state index is -0.250. The summed E-state index contributed by atoms with van der Waals surface area (Å²) in [6, 6.07) is 5.79. The molecule has 0 aromatic carbocycles. The van der Waals surface area contributed by atoms with Crippen LogP contribution in [0.25, 0.3) is 0 Å². The van der Waals surface area contributed by atoms with Gasteiger partial charge >= 0.3 is 0 Å². The standard InChI is InChI=1S/C17H22N4O2S/c1-13(22)19-15(16-6-3-10-24-16)11-17(23)20-8-2-5-14(12-20)21-9-4-7-18-21/h3-4,6-7,9-10,14-15H,2,5,8,11-12H2,1H3,(H,19,22). The number of piperidine rings is 1. The molecule has 2 amide bonds. The van der Waals surface area contributed by atoms with Gasteiger partial charge in [-0.2, -0.15) is 5.10 Å². The minimum Gasteiger partial charge on any atom is -0.348 e. The molecule has 2 atom stereocenters. The molecule has 0 saturated carbocycles. The summed E-state index contributed by atoms with van der Waals surface area (Å²) in [6.07, 6.45) is 6.02. The Morgan fingerprint density at radius 3 is 3.00 bits per heavy atom. The number of carbonyl (C=O) groups is 2. The van der Waals surface area contributed by atoms with Crippen LogP contribution < -0.4 is 5.32 Å². The smallest absolute Gasteiger partial charge is 0.225 e. The van der Waals surface area contributed by atoms with Gasteiger partial charge in [0.2, 0.25) is 11.8 Å². The van der Waals surface area contributed by atoms with Crippen LogP contribution in [-0.2, 0) is 9.59 Å². The van der Waals surface area contributed by atoms with E-state index in [1.54, 1.807) is 17.5 Å². The molecule has 2 unspecified atom stereocenters. The van der Waals surface area contributed by atoms with Gasteiger partial charge in [0.25, 0.3) is 0 Å². The molecular formula is C17H22N4O2S. The summed E-state index contributed by atoms with van der Waals surface area (Å²) in [4.78, 5) is 27.1. The van der Waals surface area contributed by atoms with Crippen molar-refractivity contribution in [3.63, 3.8) is 0 Å². The van der Waals surface area contributed by atoms with Crippen molar-refractivity contribution in [1.29, 1.82) is 0 Å². The Labute approximate surface area is 145 Å². The lowest BCUT2D eigenvalue weighted by atomic mass is 10.0. The summed E-state index contributed by atoms with van der Waals surface area (Å²) in [5.41, 5.74) is 0. The summed E-state index contributed by atoms with van der Waals surface area (Å²) in [5.74, 6) is -0.0340. The second-order valence-electron chi connectivity index (χ2n) is 6.09. The SMILES string of the molecule is CC(=O)NC(CC(=O)N1CCCC(n2cccn2)C1)c1cccs1. The Kier molecular flexibility index (Phi) is 5.30. The molecule has 128 valence electrons. The zero-order chi connectivity index (χ0) is 16.9. The van der Waals surface area contributed by atoms with Crippen LogP contribution in [0.3, 0.4) is 0 Å². The molecule has 2 aromatic rings. The summed E-state index contributed by atoms with van der Waals surface area (Å²) in [5, 5.41) is 9.16. The van der Waals surface area contributed by atoms with E-state index >= 15 is 0 Å². The predicted molar refractivity (Wildman–Crippen MR) is 92.6 cm³/mol. The second-order valence-corrected chi connectivity index (χ2v) is 7.07. The Hall–Kier alpha value is -2.15. The van der Waals surface area contributed by atoms with Crippen LogP contribution in [0.2, 0.25) is 0 Å². The lowest BCUT2D eigenvalue weighted by molar-refractivity contribution is -0.133. The zero-order valence-corrected chi connectivity index (χ0v) is 14.5. The van der Waals surface area contributed by atoms with Crippen molar-refractivity contribution < 1.29 is 9.59 Å². The lowest BCUT2D eigenvalue weighted by Crippen LogP contribution is -2.42. The number of aromatic nitrogens is 2. The Balaban J connectivity index is 1.65. The number of likely N-dealkylation sites (tertiary alicyclic amines) is 1. The maximum absolute atomic E-state index is 12.7. The molecule has 0 bridgehead atoms. The van der Waals surface area contributed by atoms with Gasteiger partial charge < -0.3 is 10.2 Å². The third kappa shape index (κ3) is 4.03. The van der Waals surface area contributed by atoms with Gasteiger partial charge in [0, 0.05) is 37.3 Å². The molecule has 1 aliphatic rings. The van der Waals surface area contributed by atoms with Gasteiger partial charge in [0.1, 0.15) is 0 Å². The highest BCUT2D eigenvalue weighted by molar-refractivity contribution is 7.10. The van der Waals surface area contributed by atoms with E-state index in [0.29, 0.717) is 13.0 Å². The van der Waals surface area contributed by atoms with E-state index in [1.165, 1.54) is 6.92 Å². The van der Waals surface area contributed by atoms with Crippen molar-refractivity contribution in [1.82, 2.24) is 20.0 Å².